The normalized spacial score (nSPS) is 25.4. The zero-order valence-electron chi connectivity index (χ0n) is 8.11. The van der Waals surface area contributed by atoms with Gasteiger partial charge in [0.1, 0.15) is 5.82 Å². The van der Waals surface area contributed by atoms with Gasteiger partial charge in [0.15, 0.2) is 0 Å². The number of carbonyl (C=O) groups is 1. The molecule has 1 aromatic carbocycles. The van der Waals surface area contributed by atoms with Gasteiger partial charge in [-0.05, 0) is 30.7 Å². The highest BCUT2D eigenvalue weighted by Crippen LogP contribution is 2.29. The van der Waals surface area contributed by atoms with Crippen LogP contribution in [-0.2, 0) is 4.79 Å². The maximum Gasteiger partial charge on any atom is 0.308 e. The van der Waals surface area contributed by atoms with Crippen molar-refractivity contribution in [3.63, 3.8) is 0 Å². The minimum absolute atomic E-state index is 0.266. The molecule has 2 rings (SSSR count). The predicted molar refractivity (Wildman–Crippen MR) is 52.9 cm³/mol. The van der Waals surface area contributed by atoms with E-state index in [1.807, 2.05) is 0 Å². The Labute approximate surface area is 86.9 Å². The van der Waals surface area contributed by atoms with Gasteiger partial charge in [0.25, 0.3) is 0 Å². The minimum atomic E-state index is -0.825. The van der Waals surface area contributed by atoms with Crippen LogP contribution in [0.4, 0.5) is 4.39 Å². The van der Waals surface area contributed by atoms with Gasteiger partial charge in [0.05, 0.1) is 5.92 Å². The van der Waals surface area contributed by atoms with Crippen LogP contribution in [0, 0.1) is 11.7 Å². The van der Waals surface area contributed by atoms with Crippen molar-refractivity contribution >= 4 is 5.97 Å². The molecule has 4 heteroatoms. The summed E-state index contributed by atoms with van der Waals surface area (Å²) in [7, 11) is 0. The Kier molecular flexibility index (Phi) is 2.68. The number of nitrogens with one attached hydrogen (secondary N) is 1. The summed E-state index contributed by atoms with van der Waals surface area (Å²) in [5.74, 6) is -1.61. The van der Waals surface area contributed by atoms with Crippen molar-refractivity contribution in [2.75, 3.05) is 6.54 Å². The fourth-order valence-electron chi connectivity index (χ4n) is 2.02. The third-order valence-electron chi connectivity index (χ3n) is 2.75. The number of carboxylic acids is 1. The van der Waals surface area contributed by atoms with Crippen LogP contribution in [0.5, 0.6) is 0 Å². The number of benzene rings is 1. The lowest BCUT2D eigenvalue weighted by atomic mass is 9.94. The van der Waals surface area contributed by atoms with Crippen LogP contribution in [0.2, 0.25) is 0 Å². The molecule has 1 saturated heterocycles. The van der Waals surface area contributed by atoms with E-state index in [1.165, 1.54) is 12.1 Å². The summed E-state index contributed by atoms with van der Waals surface area (Å²) >= 11 is 0. The zero-order chi connectivity index (χ0) is 10.8. The number of rotatable bonds is 2. The van der Waals surface area contributed by atoms with Gasteiger partial charge in [-0.1, -0.05) is 12.1 Å². The first-order valence-corrected chi connectivity index (χ1v) is 4.90. The van der Waals surface area contributed by atoms with Crippen molar-refractivity contribution in [2.24, 2.45) is 5.92 Å². The van der Waals surface area contributed by atoms with E-state index in [4.69, 9.17) is 5.11 Å². The van der Waals surface area contributed by atoms with Crippen LogP contribution in [-0.4, -0.2) is 17.6 Å². The lowest BCUT2D eigenvalue weighted by Crippen LogP contribution is -2.23. The Morgan fingerprint density at radius 3 is 3.00 bits per heavy atom. The minimum Gasteiger partial charge on any atom is -0.481 e. The summed E-state index contributed by atoms with van der Waals surface area (Å²) < 4.78 is 13.0. The second kappa shape index (κ2) is 3.98. The molecule has 1 unspecified atom stereocenters. The average Bonchev–Trinajstić information content (AvgIpc) is 2.65. The third-order valence-corrected chi connectivity index (χ3v) is 2.75. The molecule has 0 bridgehead atoms. The summed E-state index contributed by atoms with van der Waals surface area (Å²) in [6.07, 6.45) is 0.594. The first-order chi connectivity index (χ1) is 7.18. The summed E-state index contributed by atoms with van der Waals surface area (Å²) in [4.78, 5) is 10.9. The molecule has 1 heterocycles. The van der Waals surface area contributed by atoms with Gasteiger partial charge >= 0.3 is 5.97 Å². The molecule has 0 aromatic heterocycles. The summed E-state index contributed by atoms with van der Waals surface area (Å²) in [6.45, 7) is 0.665. The van der Waals surface area contributed by atoms with Crippen LogP contribution in [0.1, 0.15) is 18.0 Å². The first kappa shape index (κ1) is 10.1. The van der Waals surface area contributed by atoms with Crippen LogP contribution in [0.25, 0.3) is 0 Å². The highest BCUT2D eigenvalue weighted by atomic mass is 19.1. The van der Waals surface area contributed by atoms with E-state index in [-0.39, 0.29) is 11.9 Å². The lowest BCUT2D eigenvalue weighted by molar-refractivity contribution is -0.142. The molecule has 80 valence electrons. The van der Waals surface area contributed by atoms with Crippen molar-refractivity contribution < 1.29 is 14.3 Å². The van der Waals surface area contributed by atoms with E-state index in [0.717, 1.165) is 0 Å². The molecule has 15 heavy (non-hydrogen) atoms. The fourth-order valence-corrected chi connectivity index (χ4v) is 2.02. The maximum atomic E-state index is 13.0. The maximum absolute atomic E-state index is 13.0. The Balaban J connectivity index is 2.26. The van der Waals surface area contributed by atoms with E-state index >= 15 is 0 Å². The number of hydrogen-bond donors (Lipinski definition) is 2. The molecule has 1 aliphatic heterocycles. The monoisotopic (exact) mass is 209 g/mol. The SMILES string of the molecule is O=C(O)[C@H]1CCNC1c1cccc(F)c1. The van der Waals surface area contributed by atoms with Gasteiger partial charge in [0.2, 0.25) is 0 Å². The molecular weight excluding hydrogens is 197 g/mol. The van der Waals surface area contributed by atoms with E-state index in [2.05, 4.69) is 5.32 Å². The zero-order valence-corrected chi connectivity index (χ0v) is 8.11. The molecule has 1 aliphatic rings. The van der Waals surface area contributed by atoms with Crippen LogP contribution in [0.15, 0.2) is 24.3 Å². The molecule has 2 N–H and O–H groups in total. The molecule has 0 radical (unpaired) electrons. The highest BCUT2D eigenvalue weighted by Gasteiger charge is 2.33. The Hall–Kier alpha value is -1.42. The van der Waals surface area contributed by atoms with E-state index in [9.17, 15) is 9.18 Å². The van der Waals surface area contributed by atoms with E-state index in [1.54, 1.807) is 12.1 Å². The Bertz CT molecular complexity index is 381. The van der Waals surface area contributed by atoms with E-state index in [0.29, 0.717) is 18.5 Å². The molecule has 0 saturated carbocycles. The molecule has 0 amide bonds. The molecular formula is C11H12FNO2. The summed E-state index contributed by atoms with van der Waals surface area (Å²) in [5.41, 5.74) is 0.708. The largest absolute Gasteiger partial charge is 0.481 e. The molecule has 0 aliphatic carbocycles. The summed E-state index contributed by atoms with van der Waals surface area (Å²) in [5, 5.41) is 12.1. The van der Waals surface area contributed by atoms with Crippen molar-refractivity contribution in [3.05, 3.63) is 35.6 Å². The third kappa shape index (κ3) is 1.99. The second-order valence-corrected chi connectivity index (χ2v) is 3.72. The number of carboxylic acid groups (broad SMARTS) is 1. The molecule has 2 atom stereocenters. The van der Waals surface area contributed by atoms with Gasteiger partial charge < -0.3 is 10.4 Å². The van der Waals surface area contributed by atoms with E-state index < -0.39 is 11.9 Å². The van der Waals surface area contributed by atoms with Gasteiger partial charge in [-0.15, -0.1) is 0 Å². The molecule has 3 nitrogen and oxygen atoms in total. The van der Waals surface area contributed by atoms with Crippen molar-refractivity contribution in [3.8, 4) is 0 Å². The smallest absolute Gasteiger partial charge is 0.308 e. The van der Waals surface area contributed by atoms with Crippen LogP contribution in [0.3, 0.4) is 0 Å². The second-order valence-electron chi connectivity index (χ2n) is 3.72. The number of hydrogen-bond acceptors (Lipinski definition) is 2. The summed E-state index contributed by atoms with van der Waals surface area (Å²) in [6, 6.07) is 5.83. The lowest BCUT2D eigenvalue weighted by Gasteiger charge is -2.16. The van der Waals surface area contributed by atoms with Crippen LogP contribution >= 0.6 is 0 Å². The van der Waals surface area contributed by atoms with Crippen molar-refractivity contribution in [1.82, 2.24) is 5.32 Å². The topological polar surface area (TPSA) is 49.3 Å². The van der Waals surface area contributed by atoms with Gasteiger partial charge in [-0.25, -0.2) is 4.39 Å². The number of halogens is 1. The standard InChI is InChI=1S/C11H12FNO2/c12-8-3-1-2-7(6-8)10-9(11(14)15)4-5-13-10/h1-3,6,9-10,13H,4-5H2,(H,14,15)/t9-,10?/m0/s1. The van der Waals surface area contributed by atoms with Gasteiger partial charge in [0, 0.05) is 6.04 Å². The molecule has 1 fully saturated rings. The molecule has 0 spiro atoms. The number of aliphatic carboxylic acids is 1. The van der Waals surface area contributed by atoms with Gasteiger partial charge in [-0.3, -0.25) is 4.79 Å². The van der Waals surface area contributed by atoms with Crippen LogP contribution < -0.4 is 5.32 Å². The predicted octanol–water partition coefficient (Wildman–Crippen LogP) is 1.56. The average molecular weight is 209 g/mol. The quantitative estimate of drug-likeness (QED) is 0.777. The fraction of sp³-hybridized carbons (Fsp3) is 0.364. The first-order valence-electron chi connectivity index (χ1n) is 4.90. The Morgan fingerprint density at radius 1 is 1.53 bits per heavy atom. The van der Waals surface area contributed by atoms with Crippen molar-refractivity contribution in [1.29, 1.82) is 0 Å². The highest BCUT2D eigenvalue weighted by molar-refractivity contribution is 5.71. The Morgan fingerprint density at radius 2 is 2.33 bits per heavy atom. The van der Waals surface area contributed by atoms with Gasteiger partial charge in [-0.2, -0.15) is 0 Å². The van der Waals surface area contributed by atoms with Crippen molar-refractivity contribution in [2.45, 2.75) is 12.5 Å². The molecule has 1 aromatic rings.